The second-order valence-corrected chi connectivity index (χ2v) is 3.20. The summed E-state index contributed by atoms with van der Waals surface area (Å²) < 4.78 is 1.69. The Morgan fingerprint density at radius 1 is 1.15 bits per heavy atom. The van der Waals surface area contributed by atoms with Crippen LogP contribution in [0.15, 0.2) is 35.1 Å². The summed E-state index contributed by atoms with van der Waals surface area (Å²) in [6.45, 7) is 1.87. The number of nitrogens with zero attached hydrogens (tertiary/aromatic N) is 1. The van der Waals surface area contributed by atoms with E-state index < -0.39 is 0 Å². The van der Waals surface area contributed by atoms with E-state index in [9.17, 15) is 4.79 Å². The molecule has 1 heterocycles. The Hall–Kier alpha value is -1.57. The maximum absolute atomic E-state index is 11.6. The van der Waals surface area contributed by atoms with Gasteiger partial charge in [-0.3, -0.25) is 4.79 Å². The summed E-state index contributed by atoms with van der Waals surface area (Å²) in [5, 5.41) is 0. The van der Waals surface area contributed by atoms with Gasteiger partial charge in [0.25, 0.3) is 5.56 Å². The quantitative estimate of drug-likeness (QED) is 0.595. The highest BCUT2D eigenvalue weighted by atomic mass is 16.1. The first kappa shape index (κ1) is 8.05. The van der Waals surface area contributed by atoms with Crippen LogP contribution < -0.4 is 5.56 Å². The molecule has 0 saturated heterocycles. The average Bonchev–Trinajstić information content (AvgIpc) is 2.40. The second-order valence-electron chi connectivity index (χ2n) is 3.20. The summed E-state index contributed by atoms with van der Waals surface area (Å²) in [6.07, 6.45) is 0. The number of hydrogen-bond acceptors (Lipinski definition) is 1. The number of aromatic nitrogens is 1. The van der Waals surface area contributed by atoms with E-state index in [0.717, 1.165) is 16.8 Å². The first-order valence-corrected chi connectivity index (χ1v) is 4.26. The summed E-state index contributed by atoms with van der Waals surface area (Å²) in [5.41, 5.74) is 2.96. The van der Waals surface area contributed by atoms with Crippen LogP contribution in [0.3, 0.4) is 0 Å². The zero-order valence-electron chi connectivity index (χ0n) is 7.74. The van der Waals surface area contributed by atoms with Crippen LogP contribution in [0, 0.1) is 6.92 Å². The third-order valence-corrected chi connectivity index (χ3v) is 2.41. The molecule has 0 unspecified atom stereocenters. The molecule has 0 saturated carbocycles. The van der Waals surface area contributed by atoms with Crippen LogP contribution in [0.2, 0.25) is 0 Å². The van der Waals surface area contributed by atoms with Crippen molar-refractivity contribution >= 4 is 0 Å². The van der Waals surface area contributed by atoms with Crippen molar-refractivity contribution in [2.75, 3.05) is 0 Å². The zero-order valence-corrected chi connectivity index (χ0v) is 7.74. The van der Waals surface area contributed by atoms with Gasteiger partial charge in [-0.25, -0.2) is 0 Å². The molecule has 13 heavy (non-hydrogen) atoms. The predicted octanol–water partition coefficient (Wildman–Crippen LogP) is 1.80. The third-order valence-electron chi connectivity index (χ3n) is 2.41. The SMILES string of the molecule is Cc1c2cccccc-2n(C)c1=O. The Balaban J connectivity index is 2.94. The molecule has 2 aliphatic rings. The minimum absolute atomic E-state index is 0.0983. The summed E-state index contributed by atoms with van der Waals surface area (Å²) in [5.74, 6) is 0. The summed E-state index contributed by atoms with van der Waals surface area (Å²) >= 11 is 0. The van der Waals surface area contributed by atoms with Gasteiger partial charge in [-0.15, -0.1) is 0 Å². The van der Waals surface area contributed by atoms with Crippen LogP contribution in [0.25, 0.3) is 11.3 Å². The van der Waals surface area contributed by atoms with Crippen molar-refractivity contribution in [2.45, 2.75) is 6.92 Å². The van der Waals surface area contributed by atoms with Crippen molar-refractivity contribution in [3.63, 3.8) is 0 Å². The van der Waals surface area contributed by atoms with Gasteiger partial charge in [-0.1, -0.05) is 24.3 Å². The molecule has 2 heteroatoms. The van der Waals surface area contributed by atoms with E-state index in [1.807, 2.05) is 37.3 Å². The Kier molecular flexibility index (Phi) is 1.69. The highest BCUT2D eigenvalue weighted by molar-refractivity contribution is 5.65. The second kappa shape index (κ2) is 2.73. The fourth-order valence-corrected chi connectivity index (χ4v) is 1.62. The molecule has 0 aromatic heterocycles. The summed E-state index contributed by atoms with van der Waals surface area (Å²) in [6, 6.07) is 9.80. The molecule has 0 aromatic rings. The lowest BCUT2D eigenvalue weighted by atomic mass is 10.1. The van der Waals surface area contributed by atoms with Crippen LogP contribution in [0.1, 0.15) is 5.56 Å². The van der Waals surface area contributed by atoms with E-state index in [2.05, 4.69) is 0 Å². The van der Waals surface area contributed by atoms with Crippen LogP contribution in [0.4, 0.5) is 0 Å². The van der Waals surface area contributed by atoms with Crippen LogP contribution in [-0.2, 0) is 7.05 Å². The standard InChI is InChI=1S/C11H11NO/c1-8-9-6-4-3-5-7-10(9)12(2)11(8)13/h3-7H,1-2H3. The molecule has 2 nitrogen and oxygen atoms in total. The first-order valence-electron chi connectivity index (χ1n) is 4.26. The molecule has 1 aliphatic heterocycles. The highest BCUT2D eigenvalue weighted by Crippen LogP contribution is 2.21. The fourth-order valence-electron chi connectivity index (χ4n) is 1.62. The Morgan fingerprint density at radius 3 is 2.62 bits per heavy atom. The molecular weight excluding hydrogens is 162 g/mol. The van der Waals surface area contributed by atoms with Gasteiger partial charge >= 0.3 is 0 Å². The Morgan fingerprint density at radius 2 is 1.85 bits per heavy atom. The lowest BCUT2D eigenvalue weighted by molar-refractivity contribution is 0.893. The maximum atomic E-state index is 11.6. The lowest BCUT2D eigenvalue weighted by Gasteiger charge is -1.95. The largest absolute Gasteiger partial charge is 0.311 e. The van der Waals surface area contributed by atoms with Gasteiger partial charge in [0.15, 0.2) is 0 Å². The van der Waals surface area contributed by atoms with Crippen molar-refractivity contribution in [1.82, 2.24) is 4.57 Å². The fraction of sp³-hybridized carbons (Fsp3) is 0.182. The molecule has 0 radical (unpaired) electrons. The normalized spacial score (nSPS) is 10.6. The van der Waals surface area contributed by atoms with Gasteiger partial charge in [0.1, 0.15) is 0 Å². The van der Waals surface area contributed by atoms with Gasteiger partial charge in [-0.05, 0) is 13.0 Å². The molecule has 0 aromatic carbocycles. The van der Waals surface area contributed by atoms with E-state index in [1.165, 1.54) is 0 Å². The zero-order chi connectivity index (χ0) is 9.42. The molecule has 0 N–H and O–H groups in total. The van der Waals surface area contributed by atoms with E-state index in [1.54, 1.807) is 11.6 Å². The molecule has 0 atom stereocenters. The number of hydrogen-bond donors (Lipinski definition) is 0. The van der Waals surface area contributed by atoms with Gasteiger partial charge in [0.05, 0.1) is 5.69 Å². The molecule has 0 spiro atoms. The Bertz CT molecular complexity index is 430. The number of fused-ring (bicyclic) bond motifs is 1. The molecule has 66 valence electrons. The van der Waals surface area contributed by atoms with E-state index in [4.69, 9.17) is 0 Å². The molecule has 0 fully saturated rings. The van der Waals surface area contributed by atoms with Crippen molar-refractivity contribution in [3.8, 4) is 11.3 Å². The van der Waals surface area contributed by atoms with Crippen molar-refractivity contribution in [2.24, 2.45) is 7.05 Å². The molecule has 2 rings (SSSR count). The minimum Gasteiger partial charge on any atom is -0.311 e. The summed E-state index contributed by atoms with van der Waals surface area (Å²) in [7, 11) is 1.80. The van der Waals surface area contributed by atoms with Crippen LogP contribution in [0.5, 0.6) is 0 Å². The number of rotatable bonds is 0. The first-order chi connectivity index (χ1) is 6.22. The van der Waals surface area contributed by atoms with E-state index >= 15 is 0 Å². The van der Waals surface area contributed by atoms with Gasteiger partial charge < -0.3 is 4.57 Å². The topological polar surface area (TPSA) is 22.0 Å². The maximum Gasteiger partial charge on any atom is 0.254 e. The minimum atomic E-state index is 0.0983. The average molecular weight is 173 g/mol. The van der Waals surface area contributed by atoms with Gasteiger partial charge in [-0.2, -0.15) is 0 Å². The van der Waals surface area contributed by atoms with E-state index in [0.29, 0.717) is 0 Å². The van der Waals surface area contributed by atoms with Crippen molar-refractivity contribution in [1.29, 1.82) is 0 Å². The summed E-state index contributed by atoms with van der Waals surface area (Å²) in [4.78, 5) is 11.6. The van der Waals surface area contributed by atoms with Gasteiger partial charge in [0.2, 0.25) is 0 Å². The van der Waals surface area contributed by atoms with Gasteiger partial charge in [0, 0.05) is 18.2 Å². The Labute approximate surface area is 76.8 Å². The van der Waals surface area contributed by atoms with Crippen molar-refractivity contribution in [3.05, 3.63) is 46.2 Å². The molecule has 0 amide bonds. The highest BCUT2D eigenvalue weighted by Gasteiger charge is 2.12. The van der Waals surface area contributed by atoms with E-state index in [-0.39, 0.29) is 5.56 Å². The van der Waals surface area contributed by atoms with Crippen LogP contribution >= 0.6 is 0 Å². The van der Waals surface area contributed by atoms with Crippen LogP contribution in [-0.4, -0.2) is 4.57 Å². The van der Waals surface area contributed by atoms with Crippen molar-refractivity contribution < 1.29 is 0 Å². The monoisotopic (exact) mass is 173 g/mol. The predicted molar refractivity (Wildman–Crippen MR) is 53.0 cm³/mol. The lowest BCUT2D eigenvalue weighted by Crippen LogP contribution is -2.11. The smallest absolute Gasteiger partial charge is 0.254 e. The molecule has 1 aliphatic carbocycles. The molecule has 0 bridgehead atoms. The molecular formula is C11H11NO. The third kappa shape index (κ3) is 1.06.